The van der Waals surface area contributed by atoms with Gasteiger partial charge in [0, 0.05) is 23.8 Å². The third-order valence-electron chi connectivity index (χ3n) is 3.50. The van der Waals surface area contributed by atoms with Crippen molar-refractivity contribution in [2.45, 2.75) is 13.0 Å². The van der Waals surface area contributed by atoms with E-state index in [1.165, 1.54) is 11.3 Å². The number of carbonyl (C=O) groups excluding carboxylic acids is 1. The summed E-state index contributed by atoms with van der Waals surface area (Å²) in [5, 5.41) is 11.9. The number of hydrogen-bond acceptors (Lipinski definition) is 4. The molecule has 24 heavy (non-hydrogen) atoms. The zero-order valence-electron chi connectivity index (χ0n) is 12.9. The van der Waals surface area contributed by atoms with Crippen LogP contribution in [0.4, 0.5) is 0 Å². The van der Waals surface area contributed by atoms with Gasteiger partial charge < -0.3 is 5.32 Å². The van der Waals surface area contributed by atoms with Crippen LogP contribution in [0.5, 0.6) is 0 Å². The molecule has 2 aromatic heterocycles. The molecule has 0 aliphatic rings. The molecular weight excluding hydrogens is 318 g/mol. The summed E-state index contributed by atoms with van der Waals surface area (Å²) in [7, 11) is 0. The Morgan fingerprint density at radius 2 is 2.04 bits per heavy atom. The van der Waals surface area contributed by atoms with Gasteiger partial charge in [-0.05, 0) is 41.0 Å². The van der Waals surface area contributed by atoms with Crippen LogP contribution < -0.4 is 5.32 Å². The summed E-state index contributed by atoms with van der Waals surface area (Å²) < 4.78 is 0. The minimum atomic E-state index is -0.0312. The van der Waals surface area contributed by atoms with Crippen LogP contribution in [0, 0.1) is 11.3 Å². The molecule has 0 spiro atoms. The average molecular weight is 333 g/mol. The van der Waals surface area contributed by atoms with Gasteiger partial charge in [-0.3, -0.25) is 9.78 Å². The van der Waals surface area contributed by atoms with Gasteiger partial charge in [0.25, 0.3) is 0 Å². The van der Waals surface area contributed by atoms with E-state index in [9.17, 15) is 4.79 Å². The Morgan fingerprint density at radius 3 is 2.79 bits per heavy atom. The summed E-state index contributed by atoms with van der Waals surface area (Å²) in [6.07, 6.45) is 3.71. The SMILES string of the molecule is N#Cc1ccc(-c2cccc(CNC(=O)Cc3cccnc3)c2)s1. The molecule has 0 aliphatic heterocycles. The molecule has 0 aliphatic carbocycles. The molecule has 0 unspecified atom stereocenters. The lowest BCUT2D eigenvalue weighted by molar-refractivity contribution is -0.120. The fourth-order valence-corrected chi connectivity index (χ4v) is 3.14. The predicted molar refractivity (Wildman–Crippen MR) is 94.3 cm³/mol. The molecule has 118 valence electrons. The maximum atomic E-state index is 12.0. The number of nitriles is 1. The molecule has 0 atom stereocenters. The van der Waals surface area contributed by atoms with Gasteiger partial charge in [-0.25, -0.2) is 0 Å². The van der Waals surface area contributed by atoms with Gasteiger partial charge in [-0.1, -0.05) is 24.3 Å². The first-order valence-corrected chi connectivity index (χ1v) is 8.31. The van der Waals surface area contributed by atoms with Gasteiger partial charge in [0.15, 0.2) is 0 Å². The Labute approximate surface area is 144 Å². The van der Waals surface area contributed by atoms with Crippen LogP contribution in [-0.2, 0) is 17.8 Å². The quantitative estimate of drug-likeness (QED) is 0.776. The lowest BCUT2D eigenvalue weighted by Crippen LogP contribution is -2.24. The standard InChI is InChI=1S/C19H15N3OS/c20-11-17-6-7-18(24-17)16-5-1-3-14(9-16)13-22-19(23)10-15-4-2-8-21-12-15/h1-9,12H,10,13H2,(H,22,23). The van der Waals surface area contributed by atoms with Gasteiger partial charge in [0.2, 0.25) is 5.91 Å². The van der Waals surface area contributed by atoms with Crippen molar-refractivity contribution in [2.24, 2.45) is 0 Å². The number of carbonyl (C=O) groups is 1. The number of nitrogens with one attached hydrogen (secondary N) is 1. The Morgan fingerprint density at radius 1 is 1.17 bits per heavy atom. The summed E-state index contributed by atoms with van der Waals surface area (Å²) in [6, 6.07) is 17.6. The normalized spacial score (nSPS) is 10.1. The van der Waals surface area contributed by atoms with E-state index in [0.717, 1.165) is 21.6 Å². The Bertz CT molecular complexity index is 881. The molecule has 0 bridgehead atoms. The van der Waals surface area contributed by atoms with Crippen molar-refractivity contribution < 1.29 is 4.79 Å². The van der Waals surface area contributed by atoms with E-state index in [0.29, 0.717) is 17.8 Å². The van der Waals surface area contributed by atoms with Crippen LogP contribution in [-0.4, -0.2) is 10.9 Å². The summed E-state index contributed by atoms with van der Waals surface area (Å²) in [6.45, 7) is 0.476. The summed E-state index contributed by atoms with van der Waals surface area (Å²) in [4.78, 5) is 17.8. The van der Waals surface area contributed by atoms with Crippen molar-refractivity contribution in [3.63, 3.8) is 0 Å². The van der Waals surface area contributed by atoms with Crippen molar-refractivity contribution in [3.8, 4) is 16.5 Å². The summed E-state index contributed by atoms with van der Waals surface area (Å²) in [5.74, 6) is -0.0312. The first-order chi connectivity index (χ1) is 11.7. The second-order valence-corrected chi connectivity index (χ2v) is 6.37. The molecular formula is C19H15N3OS. The molecule has 1 aromatic carbocycles. The summed E-state index contributed by atoms with van der Waals surface area (Å²) in [5.41, 5.74) is 2.98. The number of rotatable bonds is 5. The van der Waals surface area contributed by atoms with E-state index in [2.05, 4.69) is 16.4 Å². The molecule has 0 saturated carbocycles. The Kier molecular flexibility index (Phi) is 4.99. The highest BCUT2D eigenvalue weighted by Gasteiger charge is 2.06. The van der Waals surface area contributed by atoms with Crippen molar-refractivity contribution in [1.82, 2.24) is 10.3 Å². The second kappa shape index (κ2) is 7.53. The van der Waals surface area contributed by atoms with E-state index in [-0.39, 0.29) is 5.91 Å². The predicted octanol–water partition coefficient (Wildman–Crippen LogP) is 3.54. The molecule has 3 rings (SSSR count). The molecule has 2 heterocycles. The minimum Gasteiger partial charge on any atom is -0.352 e. The number of aromatic nitrogens is 1. The van der Waals surface area contributed by atoms with E-state index in [1.807, 2.05) is 48.5 Å². The maximum Gasteiger partial charge on any atom is 0.224 e. The van der Waals surface area contributed by atoms with E-state index in [4.69, 9.17) is 5.26 Å². The van der Waals surface area contributed by atoms with Crippen LogP contribution in [0.25, 0.3) is 10.4 Å². The highest BCUT2D eigenvalue weighted by molar-refractivity contribution is 7.16. The monoisotopic (exact) mass is 333 g/mol. The molecule has 5 heteroatoms. The zero-order chi connectivity index (χ0) is 16.8. The second-order valence-electron chi connectivity index (χ2n) is 5.29. The zero-order valence-corrected chi connectivity index (χ0v) is 13.7. The molecule has 0 radical (unpaired) electrons. The number of hydrogen-bond donors (Lipinski definition) is 1. The number of benzene rings is 1. The maximum absolute atomic E-state index is 12.0. The van der Waals surface area contributed by atoms with Gasteiger partial charge in [0.05, 0.1) is 6.42 Å². The highest BCUT2D eigenvalue weighted by Crippen LogP contribution is 2.28. The number of amides is 1. The lowest BCUT2D eigenvalue weighted by Gasteiger charge is -2.07. The van der Waals surface area contributed by atoms with Crippen molar-refractivity contribution in [2.75, 3.05) is 0 Å². The Balaban J connectivity index is 1.62. The van der Waals surface area contributed by atoms with Crippen LogP contribution >= 0.6 is 11.3 Å². The molecule has 0 saturated heterocycles. The number of pyridine rings is 1. The van der Waals surface area contributed by atoms with Gasteiger partial charge in [-0.15, -0.1) is 11.3 Å². The molecule has 1 N–H and O–H groups in total. The largest absolute Gasteiger partial charge is 0.352 e. The molecule has 1 amide bonds. The fourth-order valence-electron chi connectivity index (χ4n) is 2.34. The Hall–Kier alpha value is -2.97. The van der Waals surface area contributed by atoms with Crippen LogP contribution in [0.2, 0.25) is 0 Å². The van der Waals surface area contributed by atoms with Crippen LogP contribution in [0.15, 0.2) is 60.9 Å². The average Bonchev–Trinajstić information content (AvgIpc) is 3.10. The molecule has 3 aromatic rings. The summed E-state index contributed by atoms with van der Waals surface area (Å²) >= 11 is 1.47. The molecule has 4 nitrogen and oxygen atoms in total. The van der Waals surface area contributed by atoms with Gasteiger partial charge in [0.1, 0.15) is 10.9 Å². The third kappa shape index (κ3) is 4.06. The first-order valence-electron chi connectivity index (χ1n) is 7.49. The van der Waals surface area contributed by atoms with E-state index in [1.54, 1.807) is 12.4 Å². The fraction of sp³-hybridized carbons (Fsp3) is 0.105. The first kappa shape index (κ1) is 15.9. The van der Waals surface area contributed by atoms with Gasteiger partial charge in [-0.2, -0.15) is 5.26 Å². The lowest BCUT2D eigenvalue weighted by atomic mass is 10.1. The smallest absolute Gasteiger partial charge is 0.224 e. The van der Waals surface area contributed by atoms with Crippen molar-refractivity contribution in [1.29, 1.82) is 5.26 Å². The van der Waals surface area contributed by atoms with Crippen LogP contribution in [0.3, 0.4) is 0 Å². The van der Waals surface area contributed by atoms with Crippen molar-refractivity contribution in [3.05, 3.63) is 76.9 Å². The van der Waals surface area contributed by atoms with E-state index < -0.39 is 0 Å². The highest BCUT2D eigenvalue weighted by atomic mass is 32.1. The number of thiophene rings is 1. The minimum absolute atomic E-state index is 0.0312. The van der Waals surface area contributed by atoms with Crippen LogP contribution in [0.1, 0.15) is 16.0 Å². The third-order valence-corrected chi connectivity index (χ3v) is 4.54. The topological polar surface area (TPSA) is 65.8 Å². The van der Waals surface area contributed by atoms with Crippen molar-refractivity contribution >= 4 is 17.2 Å². The molecule has 0 fully saturated rings. The van der Waals surface area contributed by atoms with Gasteiger partial charge >= 0.3 is 0 Å². The van der Waals surface area contributed by atoms with E-state index >= 15 is 0 Å². The number of nitrogens with zero attached hydrogens (tertiary/aromatic N) is 2.